The average molecular weight is 489 g/mol. The van der Waals surface area contributed by atoms with Crippen molar-refractivity contribution < 1.29 is 28.8 Å². The molecular weight excluding hydrogens is 456 g/mol. The number of methoxy groups -OCH3 is 1. The molecule has 0 aliphatic rings. The van der Waals surface area contributed by atoms with Crippen molar-refractivity contribution in [1.29, 1.82) is 0 Å². The second-order valence-electron chi connectivity index (χ2n) is 8.80. The predicted molar refractivity (Wildman–Crippen MR) is 140 cm³/mol. The first-order valence-electron chi connectivity index (χ1n) is 12.1. The molecule has 0 fully saturated rings. The number of aliphatic hydroxyl groups excluding tert-OH is 1. The van der Waals surface area contributed by atoms with Gasteiger partial charge in [0.25, 0.3) is 0 Å². The maximum Gasteiger partial charge on any atom is 0.313 e. The van der Waals surface area contributed by atoms with Gasteiger partial charge in [-0.05, 0) is 76.3 Å². The summed E-state index contributed by atoms with van der Waals surface area (Å²) in [5, 5.41) is 13.6. The smallest absolute Gasteiger partial charge is 0.313 e. The van der Waals surface area contributed by atoms with Crippen LogP contribution in [0.25, 0.3) is 21.5 Å². The van der Waals surface area contributed by atoms with Crippen molar-refractivity contribution in [2.75, 3.05) is 27.1 Å². The lowest BCUT2D eigenvalue weighted by molar-refractivity contribution is -0.149. The van der Waals surface area contributed by atoms with Gasteiger partial charge in [-0.15, -0.1) is 0 Å². The molecule has 4 aromatic carbocycles. The van der Waals surface area contributed by atoms with E-state index in [0.717, 1.165) is 44.0 Å². The van der Waals surface area contributed by atoms with Crippen molar-refractivity contribution in [2.45, 2.75) is 32.5 Å². The Morgan fingerprint density at radius 3 is 2.19 bits per heavy atom. The Balaban J connectivity index is 1.20. The number of fused-ring (bicyclic) bond motifs is 2. The summed E-state index contributed by atoms with van der Waals surface area (Å²) in [6.45, 7) is 4.33. The van der Waals surface area contributed by atoms with Crippen LogP contribution in [-0.2, 0) is 25.6 Å². The molecule has 0 amide bonds. The van der Waals surface area contributed by atoms with E-state index in [2.05, 4.69) is 12.1 Å². The van der Waals surface area contributed by atoms with Crippen LogP contribution in [-0.4, -0.2) is 38.2 Å². The van der Waals surface area contributed by atoms with Gasteiger partial charge in [-0.1, -0.05) is 48.5 Å². The Hall–Kier alpha value is -3.45. The molecular formula is C30H32O6. The molecule has 0 aliphatic heterocycles. The number of aliphatic hydroxyl groups is 1. The summed E-state index contributed by atoms with van der Waals surface area (Å²) in [5.74, 6) is 0.140. The molecule has 0 heterocycles. The maximum atomic E-state index is 12.5. The van der Waals surface area contributed by atoms with Crippen LogP contribution in [0.1, 0.15) is 42.6 Å². The molecule has 0 radical (unpaired) electrons. The highest BCUT2D eigenvalue weighted by molar-refractivity contribution is 5.86. The summed E-state index contributed by atoms with van der Waals surface area (Å²) in [7, 11) is 1.66. The second-order valence-corrected chi connectivity index (χ2v) is 8.80. The van der Waals surface area contributed by atoms with Gasteiger partial charge >= 0.3 is 5.97 Å². The van der Waals surface area contributed by atoms with Crippen LogP contribution in [0.5, 0.6) is 5.75 Å². The zero-order chi connectivity index (χ0) is 25.5. The van der Waals surface area contributed by atoms with Gasteiger partial charge < -0.3 is 24.1 Å². The molecule has 0 unspecified atom stereocenters. The average Bonchev–Trinajstić information content (AvgIpc) is 2.92. The highest BCUT2D eigenvalue weighted by atomic mass is 16.7. The monoisotopic (exact) mass is 488 g/mol. The molecule has 4 aromatic rings. The van der Waals surface area contributed by atoms with Crippen LogP contribution >= 0.6 is 0 Å². The molecule has 6 heteroatoms. The molecule has 0 bridgehead atoms. The first-order chi connectivity index (χ1) is 17.5. The summed E-state index contributed by atoms with van der Waals surface area (Å²) in [6, 6.07) is 23.8. The first kappa shape index (κ1) is 25.6. The van der Waals surface area contributed by atoms with E-state index >= 15 is 0 Å². The third-order valence-electron chi connectivity index (χ3n) is 6.38. The quantitative estimate of drug-likeness (QED) is 0.161. The van der Waals surface area contributed by atoms with Crippen molar-refractivity contribution in [2.24, 2.45) is 0 Å². The van der Waals surface area contributed by atoms with E-state index in [1.54, 1.807) is 7.11 Å². The molecule has 0 aromatic heterocycles. The van der Waals surface area contributed by atoms with Crippen LogP contribution in [0.15, 0.2) is 72.8 Å². The lowest BCUT2D eigenvalue weighted by Crippen LogP contribution is -2.17. The van der Waals surface area contributed by atoms with Gasteiger partial charge in [0, 0.05) is 0 Å². The van der Waals surface area contributed by atoms with Gasteiger partial charge in [0.1, 0.15) is 19.1 Å². The Labute approximate surface area is 211 Å². The van der Waals surface area contributed by atoms with Crippen molar-refractivity contribution in [3.8, 4) is 5.75 Å². The van der Waals surface area contributed by atoms with E-state index < -0.39 is 5.92 Å². The Bertz CT molecular complexity index is 1330. The lowest BCUT2D eigenvalue weighted by atomic mass is 9.97. The normalized spacial score (nSPS) is 13.0. The third kappa shape index (κ3) is 6.21. The Morgan fingerprint density at radius 1 is 0.806 bits per heavy atom. The van der Waals surface area contributed by atoms with Gasteiger partial charge in [-0.25, -0.2) is 0 Å². The molecule has 2 atom stereocenters. The summed E-state index contributed by atoms with van der Waals surface area (Å²) >= 11 is 0. The van der Waals surface area contributed by atoms with Crippen molar-refractivity contribution in [1.82, 2.24) is 0 Å². The summed E-state index contributed by atoms with van der Waals surface area (Å²) in [4.78, 5) is 12.5. The molecule has 188 valence electrons. The van der Waals surface area contributed by atoms with Gasteiger partial charge in [0.05, 0.1) is 32.3 Å². The number of ether oxygens (including phenoxy) is 4. The topological polar surface area (TPSA) is 74.2 Å². The molecule has 0 saturated carbocycles. The highest BCUT2D eigenvalue weighted by Crippen LogP contribution is 2.26. The fourth-order valence-electron chi connectivity index (χ4n) is 4.07. The van der Waals surface area contributed by atoms with Crippen LogP contribution < -0.4 is 4.74 Å². The van der Waals surface area contributed by atoms with Crippen molar-refractivity contribution >= 4 is 27.5 Å². The standard InChI is InChI=1S/C30H32O6/c1-20(23-6-8-25-14-22(18-31)4-5-26(25)15-23)30(32)35-13-12-34-19-36-21(2)24-7-9-28-17-29(33-3)11-10-27(28)16-24/h4-11,14-17,20-21,31H,12-13,18-19H2,1-3H3/t20-,21+/m0/s1. The lowest BCUT2D eigenvalue weighted by Gasteiger charge is -2.15. The van der Waals surface area contributed by atoms with E-state index in [9.17, 15) is 9.90 Å². The van der Waals surface area contributed by atoms with Crippen LogP contribution in [0.2, 0.25) is 0 Å². The number of rotatable bonds is 11. The molecule has 1 N–H and O–H groups in total. The van der Waals surface area contributed by atoms with Crippen molar-refractivity contribution in [3.63, 3.8) is 0 Å². The minimum Gasteiger partial charge on any atom is -0.497 e. The van der Waals surface area contributed by atoms with E-state index in [4.69, 9.17) is 18.9 Å². The van der Waals surface area contributed by atoms with E-state index in [0.29, 0.717) is 0 Å². The number of carbonyl (C=O) groups is 1. The summed E-state index contributed by atoms with van der Waals surface area (Å²) < 4.78 is 22.0. The molecule has 36 heavy (non-hydrogen) atoms. The SMILES string of the molecule is COc1ccc2cc([C@@H](C)OCOCCOC(=O)[C@@H](C)c3ccc4cc(CO)ccc4c3)ccc2c1. The fourth-order valence-corrected chi connectivity index (χ4v) is 4.07. The number of benzene rings is 4. The molecule has 0 spiro atoms. The molecule has 0 saturated heterocycles. The van der Waals surface area contributed by atoms with Gasteiger partial charge in [-0.2, -0.15) is 0 Å². The van der Waals surface area contributed by atoms with Crippen LogP contribution in [0.4, 0.5) is 0 Å². The number of carbonyl (C=O) groups excluding carboxylic acids is 1. The van der Waals surface area contributed by atoms with Gasteiger partial charge in [0.2, 0.25) is 0 Å². The van der Waals surface area contributed by atoms with Gasteiger partial charge in [-0.3, -0.25) is 4.79 Å². The zero-order valence-corrected chi connectivity index (χ0v) is 20.9. The molecule has 6 nitrogen and oxygen atoms in total. The summed E-state index contributed by atoms with van der Waals surface area (Å²) in [6.07, 6.45) is -0.138. The number of esters is 1. The van der Waals surface area contributed by atoms with Crippen molar-refractivity contribution in [3.05, 3.63) is 89.5 Å². The largest absolute Gasteiger partial charge is 0.497 e. The summed E-state index contributed by atoms with van der Waals surface area (Å²) in [5.41, 5.74) is 2.80. The Morgan fingerprint density at radius 2 is 1.44 bits per heavy atom. The zero-order valence-electron chi connectivity index (χ0n) is 20.9. The highest BCUT2D eigenvalue weighted by Gasteiger charge is 2.17. The van der Waals surface area contributed by atoms with Gasteiger partial charge in [0.15, 0.2) is 0 Å². The number of hydrogen-bond acceptors (Lipinski definition) is 6. The minimum atomic E-state index is -0.393. The third-order valence-corrected chi connectivity index (χ3v) is 6.38. The maximum absolute atomic E-state index is 12.5. The number of hydrogen-bond donors (Lipinski definition) is 1. The predicted octanol–water partition coefficient (Wildman–Crippen LogP) is 5.89. The Kier molecular flexibility index (Phi) is 8.54. The van der Waals surface area contributed by atoms with E-state index in [1.165, 1.54) is 0 Å². The minimum absolute atomic E-state index is 0.00584. The van der Waals surface area contributed by atoms with E-state index in [1.807, 2.05) is 74.5 Å². The molecule has 4 rings (SSSR count). The second kappa shape index (κ2) is 12.0. The first-order valence-corrected chi connectivity index (χ1v) is 12.1. The molecule has 0 aliphatic carbocycles. The fraction of sp³-hybridized carbons (Fsp3) is 0.300. The van der Waals surface area contributed by atoms with Crippen LogP contribution in [0.3, 0.4) is 0 Å². The van der Waals surface area contributed by atoms with E-state index in [-0.39, 0.29) is 38.7 Å². The van der Waals surface area contributed by atoms with Crippen LogP contribution in [0, 0.1) is 0 Å².